The third kappa shape index (κ3) is 1.37. The molecule has 0 aromatic rings. The number of hydrogen-bond acceptors (Lipinski definition) is 3. The van der Waals surface area contributed by atoms with Crippen molar-refractivity contribution in [1.29, 1.82) is 0 Å². The molecular weight excluding hydrogens is 300 g/mol. The molecular formula is C21H30O3. The second-order valence-electron chi connectivity index (χ2n) is 10.4. The van der Waals surface area contributed by atoms with Crippen LogP contribution in [0.15, 0.2) is 0 Å². The van der Waals surface area contributed by atoms with Gasteiger partial charge in [0.05, 0.1) is 12.5 Å². The monoisotopic (exact) mass is 330 g/mol. The molecule has 0 amide bonds. The summed E-state index contributed by atoms with van der Waals surface area (Å²) in [5.41, 5.74) is 0.0503. The average molecular weight is 330 g/mol. The Bertz CT molecular complexity index is 655. The van der Waals surface area contributed by atoms with E-state index in [9.17, 15) is 9.59 Å². The van der Waals surface area contributed by atoms with Crippen molar-refractivity contribution in [2.24, 2.45) is 45.3 Å². The average Bonchev–Trinajstić information content (AvgIpc) is 3.08. The normalized spacial score (nSPS) is 60.2. The van der Waals surface area contributed by atoms with E-state index in [1.165, 1.54) is 20.0 Å². The molecule has 1 unspecified atom stereocenters. The first kappa shape index (κ1) is 15.4. The van der Waals surface area contributed by atoms with E-state index in [0.717, 1.165) is 32.1 Å². The summed E-state index contributed by atoms with van der Waals surface area (Å²) in [6.45, 7) is 6.91. The minimum atomic E-state index is -0.361. The van der Waals surface area contributed by atoms with Gasteiger partial charge in [0.2, 0.25) is 0 Å². The van der Waals surface area contributed by atoms with Gasteiger partial charge in [0.25, 0.3) is 0 Å². The highest BCUT2D eigenvalue weighted by Gasteiger charge is 2.82. The zero-order valence-electron chi connectivity index (χ0n) is 15.5. The van der Waals surface area contributed by atoms with Gasteiger partial charge >= 0.3 is 5.97 Å². The third-order valence-corrected chi connectivity index (χ3v) is 9.78. The maximum Gasteiger partial charge on any atom is 0.311 e. The van der Waals surface area contributed by atoms with Gasteiger partial charge in [0.1, 0.15) is 5.78 Å². The number of ketones is 1. The van der Waals surface area contributed by atoms with Crippen molar-refractivity contribution >= 4 is 11.8 Å². The summed E-state index contributed by atoms with van der Waals surface area (Å²) in [6, 6.07) is 0. The third-order valence-electron chi connectivity index (χ3n) is 9.78. The van der Waals surface area contributed by atoms with Crippen LogP contribution in [-0.4, -0.2) is 18.9 Å². The van der Waals surface area contributed by atoms with Crippen LogP contribution in [0.5, 0.6) is 0 Å². The van der Waals surface area contributed by atoms with Crippen LogP contribution in [0.25, 0.3) is 0 Å². The predicted octanol–water partition coefficient (Wildman–Crippen LogP) is 4.00. The number of carbonyl (C=O) groups is 2. The Morgan fingerprint density at radius 2 is 1.83 bits per heavy atom. The molecule has 6 rings (SSSR count). The van der Waals surface area contributed by atoms with E-state index in [1.54, 1.807) is 0 Å². The predicted molar refractivity (Wildman–Crippen MR) is 90.1 cm³/mol. The van der Waals surface area contributed by atoms with Crippen LogP contribution >= 0.6 is 0 Å². The van der Waals surface area contributed by atoms with Crippen molar-refractivity contribution in [2.45, 2.75) is 65.7 Å². The fourth-order valence-electron chi connectivity index (χ4n) is 8.78. The lowest BCUT2D eigenvalue weighted by atomic mass is 9.39. The molecule has 8 atom stereocenters. The van der Waals surface area contributed by atoms with Gasteiger partial charge in [-0.2, -0.15) is 0 Å². The van der Waals surface area contributed by atoms with E-state index in [4.69, 9.17) is 4.74 Å². The summed E-state index contributed by atoms with van der Waals surface area (Å²) in [6.07, 6.45) is 7.62. The summed E-state index contributed by atoms with van der Waals surface area (Å²) in [4.78, 5) is 25.9. The number of fused-ring (bicyclic) bond motifs is 1. The largest absolute Gasteiger partial charge is 0.469 e. The van der Waals surface area contributed by atoms with Crippen molar-refractivity contribution in [2.75, 3.05) is 7.11 Å². The van der Waals surface area contributed by atoms with Crippen molar-refractivity contribution < 1.29 is 14.3 Å². The van der Waals surface area contributed by atoms with E-state index < -0.39 is 0 Å². The standard InChI is InChI=1S/C21H30O3/c1-18-7-5-8-19(2,17(23)24-4)13(18)6-9-21-11-20(3)12(10-14(18)21)15(20)16(21)22/h12-15H,5-11H2,1-4H3/t12-,13+,14+,15?,18-,19-,20-,21+/m0/s1. The molecule has 1 spiro atoms. The van der Waals surface area contributed by atoms with E-state index in [2.05, 4.69) is 20.8 Å². The zero-order valence-corrected chi connectivity index (χ0v) is 15.5. The van der Waals surface area contributed by atoms with Crippen molar-refractivity contribution in [1.82, 2.24) is 0 Å². The molecule has 0 radical (unpaired) electrons. The quantitative estimate of drug-likeness (QED) is 0.683. The molecule has 6 aliphatic carbocycles. The van der Waals surface area contributed by atoms with Crippen molar-refractivity contribution in [3.63, 3.8) is 0 Å². The maximum absolute atomic E-state index is 13.2. The molecule has 0 aliphatic heterocycles. The van der Waals surface area contributed by atoms with Crippen LogP contribution < -0.4 is 0 Å². The summed E-state index contributed by atoms with van der Waals surface area (Å²) < 4.78 is 5.22. The number of methoxy groups -OCH3 is 1. The highest BCUT2D eigenvalue weighted by molar-refractivity contribution is 5.96. The fraction of sp³-hybridized carbons (Fsp3) is 0.905. The Kier molecular flexibility index (Phi) is 2.63. The molecule has 0 heterocycles. The van der Waals surface area contributed by atoms with Gasteiger partial charge in [-0.25, -0.2) is 0 Å². The first-order valence-electron chi connectivity index (χ1n) is 9.87. The molecule has 0 aromatic carbocycles. The van der Waals surface area contributed by atoms with Crippen molar-refractivity contribution in [3.8, 4) is 0 Å². The number of carbonyl (C=O) groups excluding carboxylic acids is 2. The number of hydrogen-bond donors (Lipinski definition) is 0. The van der Waals surface area contributed by atoms with E-state index in [1.807, 2.05) is 0 Å². The number of Topliss-reactive ketones (excluding diaryl/α,β-unsaturated/α-hetero) is 1. The smallest absolute Gasteiger partial charge is 0.311 e. The fourth-order valence-corrected chi connectivity index (χ4v) is 8.78. The molecule has 0 aromatic heterocycles. The van der Waals surface area contributed by atoms with Crippen LogP contribution in [-0.2, 0) is 14.3 Å². The van der Waals surface area contributed by atoms with Gasteiger partial charge < -0.3 is 4.74 Å². The molecule has 6 fully saturated rings. The molecule has 0 saturated heterocycles. The Morgan fingerprint density at radius 1 is 1.08 bits per heavy atom. The van der Waals surface area contributed by atoms with Crippen LogP contribution in [0.4, 0.5) is 0 Å². The van der Waals surface area contributed by atoms with Crippen LogP contribution in [0.1, 0.15) is 65.7 Å². The van der Waals surface area contributed by atoms with E-state index in [-0.39, 0.29) is 22.2 Å². The van der Waals surface area contributed by atoms with Gasteiger partial charge in [-0.3, -0.25) is 9.59 Å². The van der Waals surface area contributed by atoms with Gasteiger partial charge in [-0.1, -0.05) is 20.3 Å². The van der Waals surface area contributed by atoms with Gasteiger partial charge in [0, 0.05) is 11.3 Å². The number of rotatable bonds is 1. The summed E-state index contributed by atoms with van der Waals surface area (Å²) in [7, 11) is 1.53. The van der Waals surface area contributed by atoms with Crippen LogP contribution in [0, 0.1) is 45.3 Å². The van der Waals surface area contributed by atoms with Gasteiger partial charge in [0.15, 0.2) is 0 Å². The Labute approximate surface area is 144 Å². The summed E-state index contributed by atoms with van der Waals surface area (Å²) >= 11 is 0. The molecule has 3 nitrogen and oxygen atoms in total. The SMILES string of the molecule is COC(=O)[C@@]1(C)CCC[C@@]2(C)[C@H]1CC[C@]13C[C@]4(C)C(C1=O)[C@@H]4C[C@@H]32. The Balaban J connectivity index is 1.57. The molecule has 0 N–H and O–H groups in total. The van der Waals surface area contributed by atoms with Gasteiger partial charge in [-0.15, -0.1) is 0 Å². The first-order chi connectivity index (χ1) is 11.2. The molecule has 4 bridgehead atoms. The molecule has 6 saturated carbocycles. The summed E-state index contributed by atoms with van der Waals surface area (Å²) in [5.74, 6) is 2.47. The Morgan fingerprint density at radius 3 is 2.46 bits per heavy atom. The van der Waals surface area contributed by atoms with E-state index >= 15 is 0 Å². The minimum absolute atomic E-state index is 0.0285. The number of esters is 1. The van der Waals surface area contributed by atoms with Gasteiger partial charge in [-0.05, 0) is 74.0 Å². The first-order valence-corrected chi connectivity index (χ1v) is 9.87. The number of ether oxygens (including phenoxy) is 1. The lowest BCUT2D eigenvalue weighted by Gasteiger charge is -2.64. The molecule has 6 aliphatic rings. The zero-order chi connectivity index (χ0) is 17.1. The lowest BCUT2D eigenvalue weighted by Crippen LogP contribution is -2.61. The molecule has 132 valence electrons. The highest BCUT2D eigenvalue weighted by atomic mass is 16.5. The van der Waals surface area contributed by atoms with Crippen LogP contribution in [0.3, 0.4) is 0 Å². The molecule has 3 heteroatoms. The second kappa shape index (κ2) is 4.10. The maximum atomic E-state index is 13.2. The van der Waals surface area contributed by atoms with Crippen molar-refractivity contribution in [3.05, 3.63) is 0 Å². The second-order valence-corrected chi connectivity index (χ2v) is 10.4. The Hall–Kier alpha value is -0.860. The molecule has 24 heavy (non-hydrogen) atoms. The van der Waals surface area contributed by atoms with E-state index in [0.29, 0.717) is 34.9 Å². The summed E-state index contributed by atoms with van der Waals surface area (Å²) in [5, 5.41) is 0. The highest BCUT2D eigenvalue weighted by Crippen LogP contribution is 2.84. The topological polar surface area (TPSA) is 43.4 Å². The minimum Gasteiger partial charge on any atom is -0.469 e. The van der Waals surface area contributed by atoms with Crippen LogP contribution in [0.2, 0.25) is 0 Å². The lowest BCUT2D eigenvalue weighted by molar-refractivity contribution is -0.190.